The maximum Gasteiger partial charge on any atom is 0.326 e. The number of rotatable bonds is 14. The van der Waals surface area contributed by atoms with Crippen molar-refractivity contribution in [2.45, 2.75) is 44.3 Å². The van der Waals surface area contributed by atoms with Crippen LogP contribution in [-0.2, 0) is 25.7 Å². The lowest BCUT2D eigenvalue weighted by Gasteiger charge is -2.16. The number of nitrogens with one attached hydrogen (secondary N) is 3. The Balaban J connectivity index is 1.53. The van der Waals surface area contributed by atoms with Crippen LogP contribution in [0.3, 0.4) is 0 Å². The van der Waals surface area contributed by atoms with Crippen molar-refractivity contribution < 1.29 is 39.3 Å². The van der Waals surface area contributed by atoms with Crippen LogP contribution in [0.15, 0.2) is 30.5 Å². The highest BCUT2D eigenvalue weighted by atomic mass is 16.4. The van der Waals surface area contributed by atoms with Crippen molar-refractivity contribution in [3.63, 3.8) is 0 Å². The minimum Gasteiger partial charge on any atom is -0.481 e. The Morgan fingerprint density at radius 3 is 2.10 bits per heavy atom. The van der Waals surface area contributed by atoms with Gasteiger partial charge in [0.1, 0.15) is 12.1 Å². The molecule has 2 amide bonds. The number of hydrogen-bond donors (Lipinski definition) is 8. The number of carboxylic acids is 3. The zero-order chi connectivity index (χ0) is 30.1. The zero-order valence-corrected chi connectivity index (χ0v) is 21.4. The minimum atomic E-state index is -1.44. The zero-order valence-electron chi connectivity index (χ0n) is 21.4. The molecule has 0 saturated heterocycles. The van der Waals surface area contributed by atoms with E-state index in [1.165, 1.54) is 18.3 Å². The number of nitrogens with zero attached hydrogens (tertiary/aromatic N) is 4. The largest absolute Gasteiger partial charge is 0.481 e. The average Bonchev–Trinajstić information content (AvgIpc) is 2.91. The van der Waals surface area contributed by atoms with Gasteiger partial charge >= 0.3 is 17.9 Å². The summed E-state index contributed by atoms with van der Waals surface area (Å²) in [6.07, 6.45) is -0.0632. The number of aromatic nitrogens is 4. The first-order valence-corrected chi connectivity index (χ1v) is 12.1. The third kappa shape index (κ3) is 8.70. The van der Waals surface area contributed by atoms with E-state index in [-0.39, 0.29) is 42.4 Å². The molecule has 0 bridgehead atoms. The van der Waals surface area contributed by atoms with Gasteiger partial charge in [-0.05, 0) is 37.1 Å². The fraction of sp³-hybridized carbons (Fsp3) is 0.292. The number of carbonyl (C=O) groups excluding carboxylic acids is 2. The van der Waals surface area contributed by atoms with Crippen LogP contribution in [-0.4, -0.2) is 77.1 Å². The fourth-order valence-corrected chi connectivity index (χ4v) is 3.57. The van der Waals surface area contributed by atoms with Gasteiger partial charge in [-0.25, -0.2) is 19.6 Å². The summed E-state index contributed by atoms with van der Waals surface area (Å²) in [6, 6.07) is 3.23. The van der Waals surface area contributed by atoms with Gasteiger partial charge in [-0.3, -0.25) is 14.4 Å². The number of benzene rings is 1. The van der Waals surface area contributed by atoms with Crippen molar-refractivity contribution in [2.75, 3.05) is 16.8 Å². The number of anilines is 3. The highest BCUT2D eigenvalue weighted by molar-refractivity contribution is 5.97. The summed E-state index contributed by atoms with van der Waals surface area (Å²) in [4.78, 5) is 74.6. The molecule has 2 aromatic heterocycles. The molecule has 0 aliphatic rings. The molecule has 0 spiro atoms. The Hall–Kier alpha value is -5.61. The van der Waals surface area contributed by atoms with Crippen LogP contribution < -0.4 is 27.4 Å². The Kier molecular flexibility index (Phi) is 9.82. The van der Waals surface area contributed by atoms with Gasteiger partial charge in [0.15, 0.2) is 17.0 Å². The summed E-state index contributed by atoms with van der Waals surface area (Å²) in [7, 11) is 0. The van der Waals surface area contributed by atoms with E-state index >= 15 is 0 Å². The highest BCUT2D eigenvalue weighted by Crippen LogP contribution is 2.16. The van der Waals surface area contributed by atoms with Crippen LogP contribution in [0.2, 0.25) is 0 Å². The second-order valence-electron chi connectivity index (χ2n) is 8.73. The molecule has 2 unspecified atom stereocenters. The number of hydrogen-bond acceptors (Lipinski definition) is 12. The van der Waals surface area contributed by atoms with Gasteiger partial charge < -0.3 is 42.7 Å². The molecule has 2 atom stereocenters. The molecular weight excluding hydrogens is 542 g/mol. The number of nitrogens with two attached hydrogens (primary N) is 2. The van der Waals surface area contributed by atoms with Gasteiger partial charge in [0, 0.05) is 24.1 Å². The monoisotopic (exact) mass is 569 g/mol. The molecule has 1 aromatic carbocycles. The molecule has 0 saturated carbocycles. The molecule has 0 fully saturated rings. The summed E-state index contributed by atoms with van der Waals surface area (Å²) in [5.74, 6) is -5.46. The maximum atomic E-state index is 12.6. The summed E-state index contributed by atoms with van der Waals surface area (Å²) >= 11 is 0. The first-order valence-electron chi connectivity index (χ1n) is 12.1. The van der Waals surface area contributed by atoms with Gasteiger partial charge in [0.25, 0.3) is 5.91 Å². The lowest BCUT2D eigenvalue weighted by molar-refractivity contribution is -0.143. The van der Waals surface area contributed by atoms with E-state index < -0.39 is 54.6 Å². The molecule has 2 heterocycles. The fourth-order valence-electron chi connectivity index (χ4n) is 3.57. The van der Waals surface area contributed by atoms with E-state index in [0.717, 1.165) is 0 Å². The number of fused-ring (bicyclic) bond motifs is 1. The standard InChI is InChI=1S/C24H27N9O8/c25-19-18-20(33-24(26)32-19)28-10-13(29-18)9-27-12-3-1-11(2-4-12)21(37)31-15(23(40)41)5-7-16(34)30-14(22(38)39)6-8-17(35)36/h1-4,10,14-15,27H,5-9H2,(H,30,34)(H,31,37)(H,35,36)(H,38,39)(H,40,41)(H4,25,26,28,32,33). The molecule has 0 radical (unpaired) electrons. The van der Waals surface area contributed by atoms with Crippen LogP contribution >= 0.6 is 0 Å². The molecule has 0 aliphatic carbocycles. The summed E-state index contributed by atoms with van der Waals surface area (Å²) < 4.78 is 0. The molecule has 17 nitrogen and oxygen atoms in total. The summed E-state index contributed by atoms with van der Waals surface area (Å²) in [6.45, 7) is 0.250. The van der Waals surface area contributed by atoms with Crippen LogP contribution in [0.1, 0.15) is 41.7 Å². The van der Waals surface area contributed by atoms with Crippen molar-refractivity contribution in [3.8, 4) is 0 Å². The summed E-state index contributed by atoms with van der Waals surface area (Å²) in [5, 5.41) is 34.9. The Morgan fingerprint density at radius 2 is 1.46 bits per heavy atom. The van der Waals surface area contributed by atoms with Crippen LogP contribution in [0, 0.1) is 0 Å². The molecule has 17 heteroatoms. The van der Waals surface area contributed by atoms with Crippen molar-refractivity contribution in [2.24, 2.45) is 0 Å². The van der Waals surface area contributed by atoms with Crippen LogP contribution in [0.4, 0.5) is 17.5 Å². The first-order chi connectivity index (χ1) is 19.4. The molecule has 3 aromatic rings. The molecule has 10 N–H and O–H groups in total. The molecule has 0 aliphatic heterocycles. The molecule has 41 heavy (non-hydrogen) atoms. The number of nitrogen functional groups attached to an aromatic ring is 2. The smallest absolute Gasteiger partial charge is 0.326 e. The van der Waals surface area contributed by atoms with Gasteiger partial charge in [-0.15, -0.1) is 0 Å². The minimum absolute atomic E-state index is 0.0154. The van der Waals surface area contributed by atoms with Gasteiger partial charge in [0.2, 0.25) is 11.9 Å². The van der Waals surface area contributed by atoms with Crippen molar-refractivity contribution in [1.29, 1.82) is 0 Å². The second-order valence-corrected chi connectivity index (χ2v) is 8.73. The van der Waals surface area contributed by atoms with Crippen LogP contribution in [0.25, 0.3) is 11.2 Å². The maximum absolute atomic E-state index is 12.6. The number of aliphatic carboxylic acids is 3. The average molecular weight is 570 g/mol. The second kappa shape index (κ2) is 13.5. The van der Waals surface area contributed by atoms with Crippen molar-refractivity contribution in [1.82, 2.24) is 30.6 Å². The van der Waals surface area contributed by atoms with Gasteiger partial charge in [0.05, 0.1) is 18.4 Å². The highest BCUT2D eigenvalue weighted by Gasteiger charge is 2.24. The van der Waals surface area contributed by atoms with E-state index in [0.29, 0.717) is 16.9 Å². The van der Waals surface area contributed by atoms with Crippen molar-refractivity contribution >= 4 is 58.3 Å². The topological polar surface area (TPSA) is 286 Å². The van der Waals surface area contributed by atoms with Crippen LogP contribution in [0.5, 0.6) is 0 Å². The Bertz CT molecular complexity index is 1470. The van der Waals surface area contributed by atoms with Gasteiger partial charge in [-0.2, -0.15) is 9.97 Å². The molecule has 216 valence electrons. The van der Waals surface area contributed by atoms with E-state index in [9.17, 15) is 29.1 Å². The summed E-state index contributed by atoms with van der Waals surface area (Å²) in [5.41, 5.74) is 13.2. The predicted octanol–water partition coefficient (Wildman–Crippen LogP) is -0.406. The molecule has 3 rings (SSSR count). The third-order valence-corrected chi connectivity index (χ3v) is 5.67. The molecular formula is C24H27N9O8. The lowest BCUT2D eigenvalue weighted by atomic mass is 10.1. The van der Waals surface area contributed by atoms with E-state index in [2.05, 4.69) is 35.9 Å². The quantitative estimate of drug-likeness (QED) is 0.122. The van der Waals surface area contributed by atoms with E-state index in [1.54, 1.807) is 12.1 Å². The normalized spacial score (nSPS) is 12.2. The lowest BCUT2D eigenvalue weighted by Crippen LogP contribution is -2.44. The SMILES string of the molecule is Nc1nc(N)c2nc(CNc3ccc(C(=O)NC(CCC(=O)NC(CCC(=O)O)C(=O)O)C(=O)O)cc3)cnc2n1. The number of carbonyl (C=O) groups is 5. The number of carboxylic acid groups (broad SMARTS) is 3. The van der Waals surface area contributed by atoms with Crippen molar-refractivity contribution in [3.05, 3.63) is 41.7 Å². The Morgan fingerprint density at radius 1 is 0.829 bits per heavy atom. The third-order valence-electron chi connectivity index (χ3n) is 5.67. The van der Waals surface area contributed by atoms with E-state index in [1.807, 2.05) is 0 Å². The first kappa shape index (κ1) is 29.9. The van der Waals surface area contributed by atoms with E-state index in [4.69, 9.17) is 21.7 Å². The Labute approximate surface area is 231 Å². The number of amides is 2. The van der Waals surface area contributed by atoms with Gasteiger partial charge in [-0.1, -0.05) is 0 Å². The predicted molar refractivity (Wildman–Crippen MR) is 142 cm³/mol.